The fraction of sp³-hybridized carbons (Fsp3) is 0.667. The van der Waals surface area contributed by atoms with Gasteiger partial charge in [0.25, 0.3) is 0 Å². The van der Waals surface area contributed by atoms with E-state index in [9.17, 15) is 0 Å². The Morgan fingerprint density at radius 3 is 2.91 bits per heavy atom. The Hall–Kier alpha value is -1.78. The Labute approximate surface area is 141 Å². The molecule has 23 heavy (non-hydrogen) atoms. The Morgan fingerprint density at radius 2 is 2.26 bits per heavy atom. The van der Waals surface area contributed by atoms with Gasteiger partial charge in [0.1, 0.15) is 0 Å². The van der Waals surface area contributed by atoms with Gasteiger partial charge in [-0.15, -0.1) is 6.58 Å². The van der Waals surface area contributed by atoms with Crippen molar-refractivity contribution in [3.63, 3.8) is 0 Å². The summed E-state index contributed by atoms with van der Waals surface area (Å²) in [5.41, 5.74) is 0. The summed E-state index contributed by atoms with van der Waals surface area (Å²) in [4.78, 5) is 7.02. The number of hydrogen-bond donors (Lipinski definition) is 1. The minimum absolute atomic E-state index is 0.463. The van der Waals surface area contributed by atoms with Crippen molar-refractivity contribution in [2.75, 3.05) is 26.7 Å². The first-order valence-electron chi connectivity index (χ1n) is 8.75. The van der Waals surface area contributed by atoms with Gasteiger partial charge in [-0.1, -0.05) is 19.4 Å². The van der Waals surface area contributed by atoms with Crippen molar-refractivity contribution < 1.29 is 0 Å². The molecule has 1 aromatic rings. The Balaban J connectivity index is 2.39. The van der Waals surface area contributed by atoms with E-state index in [1.807, 2.05) is 29.2 Å². The van der Waals surface area contributed by atoms with E-state index in [4.69, 9.17) is 4.99 Å². The molecule has 0 spiro atoms. The summed E-state index contributed by atoms with van der Waals surface area (Å²) >= 11 is 0. The summed E-state index contributed by atoms with van der Waals surface area (Å²) in [7, 11) is 2.12. The highest BCUT2D eigenvalue weighted by atomic mass is 15.3. The van der Waals surface area contributed by atoms with Gasteiger partial charge in [-0.05, 0) is 38.2 Å². The molecule has 5 nitrogen and oxygen atoms in total. The highest BCUT2D eigenvalue weighted by Gasteiger charge is 2.07. The SMILES string of the molecule is C=CCCCCCN(C)C(=NCC(C)Cn1cccn1)NCC. The fourth-order valence-corrected chi connectivity index (χ4v) is 2.42. The summed E-state index contributed by atoms with van der Waals surface area (Å²) in [5.74, 6) is 1.47. The molecule has 0 saturated heterocycles. The molecule has 130 valence electrons. The quantitative estimate of drug-likeness (QED) is 0.295. The predicted molar refractivity (Wildman–Crippen MR) is 98.7 cm³/mol. The second-order valence-electron chi connectivity index (χ2n) is 6.09. The van der Waals surface area contributed by atoms with Gasteiger partial charge in [0.05, 0.1) is 0 Å². The molecule has 1 atom stereocenters. The molecule has 0 bridgehead atoms. The molecule has 0 aliphatic carbocycles. The smallest absolute Gasteiger partial charge is 0.193 e. The molecule has 0 aliphatic heterocycles. The maximum atomic E-state index is 4.78. The van der Waals surface area contributed by atoms with Crippen LogP contribution in [0.4, 0.5) is 0 Å². The molecule has 0 fully saturated rings. The zero-order valence-electron chi connectivity index (χ0n) is 15.0. The van der Waals surface area contributed by atoms with Crippen molar-refractivity contribution in [2.24, 2.45) is 10.9 Å². The van der Waals surface area contributed by atoms with Crippen molar-refractivity contribution in [3.05, 3.63) is 31.1 Å². The largest absolute Gasteiger partial charge is 0.357 e. The highest BCUT2D eigenvalue weighted by molar-refractivity contribution is 5.79. The van der Waals surface area contributed by atoms with Gasteiger partial charge in [-0.3, -0.25) is 9.67 Å². The Bertz CT molecular complexity index is 438. The van der Waals surface area contributed by atoms with Gasteiger partial charge in [-0.2, -0.15) is 5.10 Å². The van der Waals surface area contributed by atoms with Crippen LogP contribution < -0.4 is 5.32 Å². The van der Waals surface area contributed by atoms with Crippen molar-refractivity contribution in [1.29, 1.82) is 0 Å². The van der Waals surface area contributed by atoms with Crippen LogP contribution in [0.15, 0.2) is 36.1 Å². The van der Waals surface area contributed by atoms with Crippen molar-refractivity contribution >= 4 is 5.96 Å². The van der Waals surface area contributed by atoms with Crippen LogP contribution in [-0.2, 0) is 6.54 Å². The van der Waals surface area contributed by atoms with Crippen LogP contribution in [0.2, 0.25) is 0 Å². The molecule has 0 amide bonds. The van der Waals surface area contributed by atoms with Gasteiger partial charge < -0.3 is 10.2 Å². The zero-order valence-corrected chi connectivity index (χ0v) is 15.0. The lowest BCUT2D eigenvalue weighted by Crippen LogP contribution is -2.39. The molecule has 0 radical (unpaired) electrons. The highest BCUT2D eigenvalue weighted by Crippen LogP contribution is 2.03. The van der Waals surface area contributed by atoms with Crippen molar-refractivity contribution in [1.82, 2.24) is 20.0 Å². The van der Waals surface area contributed by atoms with Crippen LogP contribution in [0.5, 0.6) is 0 Å². The molecule has 1 heterocycles. The number of aromatic nitrogens is 2. The Morgan fingerprint density at radius 1 is 1.43 bits per heavy atom. The second kappa shape index (κ2) is 11.7. The monoisotopic (exact) mass is 319 g/mol. The van der Waals surface area contributed by atoms with Crippen LogP contribution in [0.25, 0.3) is 0 Å². The summed E-state index contributed by atoms with van der Waals surface area (Å²) in [6, 6.07) is 1.96. The molecule has 1 rings (SSSR count). The van der Waals surface area contributed by atoms with E-state index < -0.39 is 0 Å². The number of rotatable bonds is 11. The first-order chi connectivity index (χ1) is 11.2. The molecule has 0 aliphatic rings. The van der Waals surface area contributed by atoms with E-state index in [2.05, 4.69) is 42.8 Å². The maximum Gasteiger partial charge on any atom is 0.193 e. The third-order valence-corrected chi connectivity index (χ3v) is 3.71. The summed E-state index contributed by atoms with van der Waals surface area (Å²) in [6.45, 7) is 11.7. The molecular weight excluding hydrogens is 286 g/mol. The lowest BCUT2D eigenvalue weighted by Gasteiger charge is -2.22. The molecule has 5 heteroatoms. The number of nitrogens with one attached hydrogen (secondary N) is 1. The molecule has 0 aromatic carbocycles. The molecule has 1 N–H and O–H groups in total. The first kappa shape index (κ1) is 19.3. The average molecular weight is 319 g/mol. The molecule has 1 unspecified atom stereocenters. The van der Waals surface area contributed by atoms with Gasteiger partial charge in [0, 0.05) is 45.6 Å². The third kappa shape index (κ3) is 8.43. The fourth-order valence-electron chi connectivity index (χ4n) is 2.42. The third-order valence-electron chi connectivity index (χ3n) is 3.71. The topological polar surface area (TPSA) is 45.5 Å². The minimum atomic E-state index is 0.463. The average Bonchev–Trinajstić information content (AvgIpc) is 3.03. The molecule has 1 aromatic heterocycles. The van der Waals surface area contributed by atoms with Crippen molar-refractivity contribution in [3.8, 4) is 0 Å². The number of hydrogen-bond acceptors (Lipinski definition) is 2. The van der Waals surface area contributed by atoms with Gasteiger partial charge in [0.15, 0.2) is 5.96 Å². The second-order valence-corrected chi connectivity index (χ2v) is 6.09. The minimum Gasteiger partial charge on any atom is -0.357 e. The van der Waals surface area contributed by atoms with Gasteiger partial charge in [0.2, 0.25) is 0 Å². The number of unbranched alkanes of at least 4 members (excludes halogenated alkanes) is 3. The van der Waals surface area contributed by atoms with E-state index in [1.54, 1.807) is 0 Å². The zero-order chi connectivity index (χ0) is 16.9. The standard InChI is InChI=1S/C18H33N5/c1-5-7-8-9-10-13-22(4)18(19-6-2)20-15-17(3)16-23-14-11-12-21-23/h5,11-12,14,17H,1,6-10,13,15-16H2,2-4H3,(H,19,20). The van der Waals surface area contributed by atoms with E-state index >= 15 is 0 Å². The summed E-state index contributed by atoms with van der Waals surface area (Å²) in [5, 5.41) is 7.64. The summed E-state index contributed by atoms with van der Waals surface area (Å²) in [6.07, 6.45) is 10.6. The van der Waals surface area contributed by atoms with Crippen molar-refractivity contribution in [2.45, 2.75) is 46.1 Å². The lowest BCUT2D eigenvalue weighted by atomic mass is 10.2. The molecular formula is C18H33N5. The normalized spacial score (nSPS) is 12.9. The maximum absolute atomic E-state index is 4.78. The number of allylic oxidation sites excluding steroid dienone is 1. The van der Waals surface area contributed by atoms with E-state index in [1.165, 1.54) is 19.3 Å². The van der Waals surface area contributed by atoms with Gasteiger partial charge >= 0.3 is 0 Å². The molecule has 0 saturated carbocycles. The number of aliphatic imine (C=N–C) groups is 1. The predicted octanol–water partition coefficient (Wildman–Crippen LogP) is 3.16. The van der Waals surface area contributed by atoms with Crippen LogP contribution >= 0.6 is 0 Å². The lowest BCUT2D eigenvalue weighted by molar-refractivity contribution is 0.437. The summed E-state index contributed by atoms with van der Waals surface area (Å²) < 4.78 is 1.97. The number of nitrogens with zero attached hydrogens (tertiary/aromatic N) is 4. The van der Waals surface area contributed by atoms with E-state index in [-0.39, 0.29) is 0 Å². The Kier molecular flexibility index (Phi) is 9.84. The number of guanidine groups is 1. The van der Waals surface area contributed by atoms with E-state index in [0.717, 1.165) is 38.6 Å². The first-order valence-corrected chi connectivity index (χ1v) is 8.75. The van der Waals surface area contributed by atoms with E-state index in [0.29, 0.717) is 5.92 Å². The van der Waals surface area contributed by atoms with Crippen LogP contribution in [0, 0.1) is 5.92 Å². The van der Waals surface area contributed by atoms with Crippen LogP contribution in [0.3, 0.4) is 0 Å². The van der Waals surface area contributed by atoms with Crippen LogP contribution in [0.1, 0.15) is 39.5 Å². The van der Waals surface area contributed by atoms with Crippen LogP contribution in [-0.4, -0.2) is 47.3 Å². The van der Waals surface area contributed by atoms with Gasteiger partial charge in [-0.25, -0.2) is 0 Å².